The van der Waals surface area contributed by atoms with Crippen LogP contribution < -0.4 is 9.47 Å². The van der Waals surface area contributed by atoms with Gasteiger partial charge in [-0.05, 0) is 48.4 Å². The molecule has 1 fully saturated rings. The van der Waals surface area contributed by atoms with E-state index in [-0.39, 0.29) is 12.2 Å². The lowest BCUT2D eigenvalue weighted by molar-refractivity contribution is -0.222. The molecule has 2 aromatic carbocycles. The Balaban J connectivity index is 1.81. The predicted molar refractivity (Wildman–Crippen MR) is 113 cm³/mol. The van der Waals surface area contributed by atoms with E-state index in [0.717, 1.165) is 5.56 Å². The molecule has 0 aromatic heterocycles. The van der Waals surface area contributed by atoms with Gasteiger partial charge in [-0.3, -0.25) is 0 Å². The topological polar surface area (TPSA) is 71.1 Å². The number of rotatable bonds is 6. The van der Waals surface area contributed by atoms with Crippen LogP contribution in [0.1, 0.15) is 31.9 Å². The Morgan fingerprint density at radius 2 is 1.63 bits per heavy atom. The number of ether oxygens (including phenoxy) is 4. The molecule has 8 heteroatoms. The van der Waals surface area contributed by atoms with Crippen molar-refractivity contribution in [2.75, 3.05) is 6.61 Å². The van der Waals surface area contributed by atoms with Gasteiger partial charge in [0.15, 0.2) is 11.5 Å². The summed E-state index contributed by atoms with van der Waals surface area (Å²) in [5.74, 6) is -1.81. The van der Waals surface area contributed by atoms with Crippen molar-refractivity contribution in [3.05, 3.63) is 63.1 Å². The first kappa shape index (κ1) is 22.0. The van der Waals surface area contributed by atoms with Crippen LogP contribution in [0.4, 0.5) is 0 Å². The normalized spacial score (nSPS) is 15.3. The zero-order chi connectivity index (χ0) is 21.9. The summed E-state index contributed by atoms with van der Waals surface area (Å²) in [7, 11) is 0. The van der Waals surface area contributed by atoms with Gasteiger partial charge in [-0.15, -0.1) is 0 Å². The summed E-state index contributed by atoms with van der Waals surface area (Å²) >= 11 is 12.0. The summed E-state index contributed by atoms with van der Waals surface area (Å²) in [5.41, 5.74) is 1.21. The molecule has 0 spiro atoms. The number of carbonyl (C=O) groups is 2. The zero-order valence-corrected chi connectivity index (χ0v) is 18.2. The van der Waals surface area contributed by atoms with Gasteiger partial charge in [0, 0.05) is 13.8 Å². The first-order chi connectivity index (χ1) is 14.2. The first-order valence-electron chi connectivity index (χ1n) is 9.20. The summed E-state index contributed by atoms with van der Waals surface area (Å²) in [6.07, 6.45) is 1.39. The van der Waals surface area contributed by atoms with Crippen LogP contribution in [-0.4, -0.2) is 24.3 Å². The van der Waals surface area contributed by atoms with Gasteiger partial charge in [0.25, 0.3) is 5.79 Å². The van der Waals surface area contributed by atoms with E-state index in [9.17, 15) is 9.59 Å². The maximum Gasteiger partial charge on any atom is 0.348 e. The second-order valence-corrected chi connectivity index (χ2v) is 7.73. The highest BCUT2D eigenvalue weighted by molar-refractivity contribution is 6.42. The van der Waals surface area contributed by atoms with Crippen LogP contribution in [-0.2, 0) is 25.7 Å². The molecule has 6 nitrogen and oxygen atoms in total. The van der Waals surface area contributed by atoms with E-state index in [1.165, 1.54) is 19.9 Å². The van der Waals surface area contributed by atoms with Crippen molar-refractivity contribution in [1.29, 1.82) is 0 Å². The van der Waals surface area contributed by atoms with Crippen molar-refractivity contribution in [1.82, 2.24) is 0 Å². The number of hydrogen-bond donors (Lipinski definition) is 0. The second-order valence-electron chi connectivity index (χ2n) is 6.91. The van der Waals surface area contributed by atoms with Crippen molar-refractivity contribution in [3.8, 4) is 11.5 Å². The summed E-state index contributed by atoms with van der Waals surface area (Å²) in [5, 5.41) is 0.912. The molecule has 0 unspecified atom stereocenters. The van der Waals surface area contributed by atoms with Crippen molar-refractivity contribution < 1.29 is 28.5 Å². The smallest absolute Gasteiger partial charge is 0.348 e. The monoisotopic (exact) mass is 450 g/mol. The lowest BCUT2D eigenvalue weighted by Gasteiger charge is -2.29. The maximum absolute atomic E-state index is 12.1. The molecule has 0 amide bonds. The molecule has 0 saturated carbocycles. The molecule has 0 N–H and O–H groups in total. The van der Waals surface area contributed by atoms with Gasteiger partial charge in [-0.2, -0.15) is 0 Å². The number of carbonyl (C=O) groups excluding carboxylic acids is 2. The van der Waals surface area contributed by atoms with Crippen molar-refractivity contribution in [3.63, 3.8) is 0 Å². The Labute approximate surface area is 184 Å². The van der Waals surface area contributed by atoms with E-state index in [0.29, 0.717) is 33.7 Å². The third-order valence-electron chi connectivity index (χ3n) is 4.07. The molecule has 0 aliphatic carbocycles. The summed E-state index contributed by atoms with van der Waals surface area (Å²) in [4.78, 5) is 24.3. The molecule has 0 atom stereocenters. The quantitative estimate of drug-likeness (QED) is 0.342. The molecule has 30 heavy (non-hydrogen) atoms. The van der Waals surface area contributed by atoms with Gasteiger partial charge in [-0.1, -0.05) is 35.3 Å². The lowest BCUT2D eigenvalue weighted by Crippen LogP contribution is -2.41. The minimum Gasteiger partial charge on any atom is -0.490 e. The molecule has 1 aliphatic rings. The average Bonchev–Trinajstić information content (AvgIpc) is 2.66. The largest absolute Gasteiger partial charge is 0.490 e. The van der Waals surface area contributed by atoms with Gasteiger partial charge >= 0.3 is 11.9 Å². The van der Waals surface area contributed by atoms with Crippen molar-refractivity contribution >= 4 is 41.2 Å². The molecule has 0 radical (unpaired) electrons. The third kappa shape index (κ3) is 5.26. The van der Waals surface area contributed by atoms with Crippen LogP contribution in [0, 0.1) is 0 Å². The molecule has 1 aliphatic heterocycles. The van der Waals surface area contributed by atoms with Gasteiger partial charge < -0.3 is 18.9 Å². The van der Waals surface area contributed by atoms with Crippen LogP contribution >= 0.6 is 23.2 Å². The molecule has 3 rings (SSSR count). The molecule has 0 bridgehead atoms. The fraction of sp³-hybridized carbons (Fsp3) is 0.273. The Morgan fingerprint density at radius 3 is 2.27 bits per heavy atom. The Bertz CT molecular complexity index is 991. The Morgan fingerprint density at radius 1 is 0.933 bits per heavy atom. The van der Waals surface area contributed by atoms with Crippen LogP contribution in [0.5, 0.6) is 11.5 Å². The van der Waals surface area contributed by atoms with Gasteiger partial charge in [0.2, 0.25) is 0 Å². The molecular weight excluding hydrogens is 431 g/mol. The second kappa shape index (κ2) is 8.98. The number of hydrogen-bond acceptors (Lipinski definition) is 6. The average molecular weight is 451 g/mol. The highest BCUT2D eigenvalue weighted by Gasteiger charge is 2.38. The van der Waals surface area contributed by atoms with Crippen molar-refractivity contribution in [2.45, 2.75) is 33.2 Å². The SMILES string of the molecule is CCOc1cc(C=C2C(=O)OC(C)(C)OC2=O)ccc1OCc1ccc(Cl)c(Cl)c1. The van der Waals surface area contributed by atoms with E-state index in [1.807, 2.05) is 13.0 Å². The highest BCUT2D eigenvalue weighted by atomic mass is 35.5. The van der Waals surface area contributed by atoms with E-state index in [1.54, 1.807) is 30.3 Å². The fourth-order valence-corrected chi connectivity index (χ4v) is 3.06. The minimum atomic E-state index is -1.29. The standard InChI is InChI=1S/C22H20Cl2O6/c1-4-27-19-11-13(9-15-20(25)29-22(2,3)30-21(15)26)6-8-18(19)28-12-14-5-7-16(23)17(24)10-14/h5-11H,4,12H2,1-3H3. The molecular formula is C22H20Cl2O6. The van der Waals surface area contributed by atoms with Crippen LogP contribution in [0.25, 0.3) is 6.08 Å². The van der Waals surface area contributed by atoms with Crippen LogP contribution in [0.3, 0.4) is 0 Å². The van der Waals surface area contributed by atoms with Gasteiger partial charge in [-0.25, -0.2) is 9.59 Å². The molecule has 2 aromatic rings. The number of cyclic esters (lactones) is 2. The Kier molecular flexibility index (Phi) is 6.58. The number of esters is 2. The predicted octanol–water partition coefficient (Wildman–Crippen LogP) is 5.19. The third-order valence-corrected chi connectivity index (χ3v) is 4.81. The number of benzene rings is 2. The molecule has 1 saturated heterocycles. The highest BCUT2D eigenvalue weighted by Crippen LogP contribution is 2.32. The summed E-state index contributed by atoms with van der Waals surface area (Å²) in [6.45, 7) is 5.48. The van der Waals surface area contributed by atoms with Gasteiger partial charge in [0.1, 0.15) is 12.2 Å². The van der Waals surface area contributed by atoms with Crippen LogP contribution in [0.15, 0.2) is 42.0 Å². The van der Waals surface area contributed by atoms with E-state index < -0.39 is 17.7 Å². The fourth-order valence-electron chi connectivity index (χ4n) is 2.74. The van der Waals surface area contributed by atoms with E-state index >= 15 is 0 Å². The zero-order valence-electron chi connectivity index (χ0n) is 16.7. The minimum absolute atomic E-state index is 0.193. The summed E-state index contributed by atoms with van der Waals surface area (Å²) in [6, 6.07) is 10.3. The first-order valence-corrected chi connectivity index (χ1v) is 9.96. The maximum atomic E-state index is 12.1. The van der Waals surface area contributed by atoms with E-state index in [2.05, 4.69) is 0 Å². The molecule has 158 valence electrons. The number of halogens is 2. The van der Waals surface area contributed by atoms with Crippen molar-refractivity contribution in [2.24, 2.45) is 0 Å². The van der Waals surface area contributed by atoms with Gasteiger partial charge in [0.05, 0.1) is 16.7 Å². The van der Waals surface area contributed by atoms with Crippen LogP contribution in [0.2, 0.25) is 10.0 Å². The summed E-state index contributed by atoms with van der Waals surface area (Å²) < 4.78 is 21.7. The molecule has 1 heterocycles. The lowest BCUT2D eigenvalue weighted by atomic mass is 10.1. The van der Waals surface area contributed by atoms with E-state index in [4.69, 9.17) is 42.1 Å². The Hall–Kier alpha value is -2.70.